The molecule has 0 spiro atoms. The molecule has 0 fully saturated rings. The number of nitro groups is 1. The molecule has 0 aromatic heterocycles. The number of halogens is 1. The lowest BCUT2D eigenvalue weighted by molar-refractivity contribution is -0.385. The molecule has 0 saturated heterocycles. The molecule has 9 nitrogen and oxygen atoms in total. The second kappa shape index (κ2) is 9.68. The highest BCUT2D eigenvalue weighted by molar-refractivity contribution is 5.96. The summed E-state index contributed by atoms with van der Waals surface area (Å²) in [6.07, 6.45) is 0. The van der Waals surface area contributed by atoms with Crippen molar-refractivity contribution in [3.63, 3.8) is 0 Å². The fraction of sp³-hybridized carbons (Fsp3) is 0.300. The van der Waals surface area contributed by atoms with Crippen LogP contribution in [0.5, 0.6) is 11.5 Å². The van der Waals surface area contributed by atoms with E-state index in [2.05, 4.69) is 4.74 Å². The van der Waals surface area contributed by atoms with Crippen LogP contribution in [0.3, 0.4) is 0 Å². The van der Waals surface area contributed by atoms with E-state index in [0.29, 0.717) is 17.1 Å². The molecule has 1 amide bonds. The first-order chi connectivity index (χ1) is 14.2. The number of methoxy groups -OCH3 is 3. The van der Waals surface area contributed by atoms with E-state index < -0.39 is 34.8 Å². The van der Waals surface area contributed by atoms with Crippen LogP contribution in [0.15, 0.2) is 30.3 Å². The Morgan fingerprint density at radius 3 is 2.17 bits per heavy atom. The van der Waals surface area contributed by atoms with Crippen molar-refractivity contribution in [2.75, 3.05) is 27.9 Å². The van der Waals surface area contributed by atoms with Gasteiger partial charge < -0.3 is 19.1 Å². The molecule has 0 N–H and O–H groups in total. The van der Waals surface area contributed by atoms with E-state index in [0.717, 1.165) is 24.1 Å². The fourth-order valence-electron chi connectivity index (χ4n) is 2.76. The quantitative estimate of drug-likeness (QED) is 0.367. The monoisotopic (exact) mass is 420 g/mol. The van der Waals surface area contributed by atoms with E-state index >= 15 is 0 Å². The first kappa shape index (κ1) is 22.6. The zero-order valence-corrected chi connectivity index (χ0v) is 16.9. The summed E-state index contributed by atoms with van der Waals surface area (Å²) in [5, 5.41) is 11.2. The number of esters is 1. The molecular formula is C20H21FN2O7. The molecule has 2 aromatic carbocycles. The number of rotatable bonds is 8. The Hall–Kier alpha value is -3.69. The van der Waals surface area contributed by atoms with Crippen molar-refractivity contribution in [3.05, 3.63) is 63.0 Å². The number of carbonyl (C=O) groups excluding carboxylic acids is 2. The highest BCUT2D eigenvalue weighted by Crippen LogP contribution is 2.26. The first-order valence-electron chi connectivity index (χ1n) is 8.72. The predicted molar refractivity (Wildman–Crippen MR) is 104 cm³/mol. The molecule has 160 valence electrons. The molecule has 2 aromatic rings. The van der Waals surface area contributed by atoms with Crippen LogP contribution in [0.25, 0.3) is 0 Å². The zero-order chi connectivity index (χ0) is 22.4. The third kappa shape index (κ3) is 5.22. The Bertz CT molecular complexity index is 956. The van der Waals surface area contributed by atoms with E-state index in [9.17, 15) is 24.1 Å². The molecule has 0 heterocycles. The highest BCUT2D eigenvalue weighted by Gasteiger charge is 2.25. The van der Waals surface area contributed by atoms with Gasteiger partial charge in [0.05, 0.1) is 31.8 Å². The number of ether oxygens (including phenoxy) is 3. The van der Waals surface area contributed by atoms with Crippen LogP contribution < -0.4 is 9.47 Å². The molecule has 0 saturated carbocycles. The third-order valence-electron chi connectivity index (χ3n) is 4.38. The summed E-state index contributed by atoms with van der Waals surface area (Å²) < 4.78 is 29.2. The SMILES string of the molecule is COC(=O)CN(Cc1cc(OC)cc(OC)c1)C(=O)c1cc(F)c(C)c([N+](=O)[O-])c1. The minimum absolute atomic E-state index is 0.0786. The molecule has 0 aliphatic carbocycles. The van der Waals surface area contributed by atoms with Gasteiger partial charge in [0, 0.05) is 24.2 Å². The summed E-state index contributed by atoms with van der Waals surface area (Å²) in [7, 11) is 4.09. The number of hydrogen-bond donors (Lipinski definition) is 0. The maximum absolute atomic E-state index is 14.2. The Balaban J connectivity index is 2.46. The second-order valence-corrected chi connectivity index (χ2v) is 6.32. The highest BCUT2D eigenvalue weighted by atomic mass is 19.1. The second-order valence-electron chi connectivity index (χ2n) is 6.32. The van der Waals surface area contributed by atoms with Crippen LogP contribution in [-0.2, 0) is 16.1 Å². The van der Waals surface area contributed by atoms with Crippen LogP contribution in [0.2, 0.25) is 0 Å². The van der Waals surface area contributed by atoms with Gasteiger partial charge in [0.25, 0.3) is 11.6 Å². The van der Waals surface area contributed by atoms with E-state index in [1.165, 1.54) is 21.1 Å². The van der Waals surface area contributed by atoms with Crippen LogP contribution >= 0.6 is 0 Å². The van der Waals surface area contributed by atoms with Crippen molar-refractivity contribution in [1.82, 2.24) is 4.90 Å². The lowest BCUT2D eigenvalue weighted by atomic mass is 10.1. The van der Waals surface area contributed by atoms with Crippen molar-refractivity contribution >= 4 is 17.6 Å². The maximum atomic E-state index is 14.2. The largest absolute Gasteiger partial charge is 0.497 e. The van der Waals surface area contributed by atoms with Crippen LogP contribution in [0, 0.1) is 22.9 Å². The van der Waals surface area contributed by atoms with Gasteiger partial charge in [-0.25, -0.2) is 4.39 Å². The Kier molecular flexibility index (Phi) is 7.29. The van der Waals surface area contributed by atoms with Gasteiger partial charge in [0.1, 0.15) is 23.9 Å². The molecule has 0 unspecified atom stereocenters. The lowest BCUT2D eigenvalue weighted by Crippen LogP contribution is -2.36. The third-order valence-corrected chi connectivity index (χ3v) is 4.38. The summed E-state index contributed by atoms with van der Waals surface area (Å²) in [5.74, 6) is -1.45. The topological polar surface area (TPSA) is 108 Å². The predicted octanol–water partition coefficient (Wildman–Crippen LogP) is 2.87. The van der Waals surface area contributed by atoms with Crippen molar-refractivity contribution in [2.24, 2.45) is 0 Å². The van der Waals surface area contributed by atoms with Crippen LogP contribution in [0.1, 0.15) is 21.5 Å². The van der Waals surface area contributed by atoms with Gasteiger partial charge in [0.15, 0.2) is 0 Å². The average Bonchev–Trinajstić information content (AvgIpc) is 2.73. The molecular weight excluding hydrogens is 399 g/mol. The number of benzene rings is 2. The molecule has 0 radical (unpaired) electrons. The normalized spacial score (nSPS) is 10.3. The average molecular weight is 420 g/mol. The van der Waals surface area contributed by atoms with Crippen LogP contribution in [0.4, 0.5) is 10.1 Å². The number of amides is 1. The lowest BCUT2D eigenvalue weighted by Gasteiger charge is -2.22. The minimum atomic E-state index is -0.895. The van der Waals surface area contributed by atoms with Crippen molar-refractivity contribution in [3.8, 4) is 11.5 Å². The summed E-state index contributed by atoms with van der Waals surface area (Å²) >= 11 is 0. The van der Waals surface area contributed by atoms with Crippen molar-refractivity contribution in [2.45, 2.75) is 13.5 Å². The van der Waals surface area contributed by atoms with Gasteiger partial charge in [-0.2, -0.15) is 0 Å². The standard InChI is InChI=1S/C20H21FN2O7/c1-12-17(21)7-14(8-18(12)23(26)27)20(25)22(11-19(24)30-4)10-13-5-15(28-2)9-16(6-13)29-3/h5-9H,10-11H2,1-4H3. The number of carbonyl (C=O) groups is 2. The molecule has 0 atom stereocenters. The van der Waals surface area contributed by atoms with Crippen molar-refractivity contribution in [1.29, 1.82) is 0 Å². The summed E-state index contributed by atoms with van der Waals surface area (Å²) in [6, 6.07) is 6.80. The zero-order valence-electron chi connectivity index (χ0n) is 16.9. The smallest absolute Gasteiger partial charge is 0.325 e. The summed E-state index contributed by atoms with van der Waals surface area (Å²) in [5.41, 5.74) is -0.415. The van der Waals surface area contributed by atoms with E-state index in [1.54, 1.807) is 18.2 Å². The van der Waals surface area contributed by atoms with Gasteiger partial charge in [-0.05, 0) is 30.7 Å². The van der Waals surface area contributed by atoms with Gasteiger partial charge >= 0.3 is 5.97 Å². The summed E-state index contributed by atoms with van der Waals surface area (Å²) in [4.78, 5) is 36.4. The van der Waals surface area contributed by atoms with Gasteiger partial charge in [0.2, 0.25) is 0 Å². The van der Waals surface area contributed by atoms with Gasteiger partial charge in [-0.15, -0.1) is 0 Å². The molecule has 0 bridgehead atoms. The molecule has 0 aliphatic rings. The molecule has 30 heavy (non-hydrogen) atoms. The van der Waals surface area contributed by atoms with Crippen molar-refractivity contribution < 1.29 is 33.1 Å². The fourth-order valence-corrected chi connectivity index (χ4v) is 2.76. The van der Waals surface area contributed by atoms with Gasteiger partial charge in [-0.3, -0.25) is 19.7 Å². The molecule has 0 aliphatic heterocycles. The van der Waals surface area contributed by atoms with E-state index in [1.807, 2.05) is 0 Å². The minimum Gasteiger partial charge on any atom is -0.497 e. The Morgan fingerprint density at radius 1 is 1.07 bits per heavy atom. The Morgan fingerprint density at radius 2 is 1.67 bits per heavy atom. The van der Waals surface area contributed by atoms with E-state index in [4.69, 9.17) is 9.47 Å². The number of hydrogen-bond acceptors (Lipinski definition) is 7. The van der Waals surface area contributed by atoms with Crippen LogP contribution in [-0.4, -0.2) is 49.6 Å². The summed E-state index contributed by atoms with van der Waals surface area (Å²) in [6.45, 7) is 0.722. The molecule has 10 heteroatoms. The number of nitrogens with zero attached hydrogens (tertiary/aromatic N) is 2. The maximum Gasteiger partial charge on any atom is 0.325 e. The first-order valence-corrected chi connectivity index (χ1v) is 8.72. The number of nitro benzene ring substituents is 1. The van der Waals surface area contributed by atoms with Gasteiger partial charge in [-0.1, -0.05) is 0 Å². The Labute approximate surface area is 172 Å². The van der Waals surface area contributed by atoms with E-state index in [-0.39, 0.29) is 17.7 Å². The molecule has 2 rings (SSSR count).